The number of fused-ring (bicyclic) bond motifs is 3. The first-order chi connectivity index (χ1) is 23.9. The van der Waals surface area contributed by atoms with Gasteiger partial charge in [-0.1, -0.05) is 99.5 Å². The molecule has 6 amide bonds. The number of hydrogen-bond donors (Lipinski definition) is 4. The number of amides is 6. The Morgan fingerprint density at radius 2 is 1.61 bits per heavy atom. The Labute approximate surface area is 305 Å². The Bertz CT molecular complexity index is 1340. The predicted molar refractivity (Wildman–Crippen MR) is 196 cm³/mol. The van der Waals surface area contributed by atoms with Crippen LogP contribution in [0.15, 0.2) is 12.7 Å². The fourth-order valence-corrected chi connectivity index (χ4v) is 8.27. The average molecular weight is 713 g/mol. The molecule has 4 N–H and O–H groups in total. The maximum absolute atomic E-state index is 14.4. The topological polar surface area (TPSA) is 157 Å². The van der Waals surface area contributed by atoms with Gasteiger partial charge in [-0.05, 0) is 47.3 Å². The Morgan fingerprint density at radius 1 is 0.980 bits per heavy atom. The molecule has 0 bridgehead atoms. The summed E-state index contributed by atoms with van der Waals surface area (Å²) >= 11 is 0. The first-order valence-electron chi connectivity index (χ1n) is 19.3. The summed E-state index contributed by atoms with van der Waals surface area (Å²) < 4.78 is 0. The van der Waals surface area contributed by atoms with E-state index in [1.165, 1.54) is 6.08 Å². The van der Waals surface area contributed by atoms with Crippen LogP contribution in [-0.2, 0) is 24.0 Å². The Morgan fingerprint density at radius 3 is 2.22 bits per heavy atom. The number of piperidine rings is 2. The molecule has 1 aliphatic carbocycles. The molecule has 6 atom stereocenters. The number of nitrogens with zero attached hydrogens (tertiary/aromatic N) is 2. The van der Waals surface area contributed by atoms with Gasteiger partial charge in [-0.3, -0.25) is 24.0 Å². The highest BCUT2D eigenvalue weighted by molar-refractivity contribution is 6.38. The van der Waals surface area contributed by atoms with E-state index >= 15 is 0 Å². The zero-order valence-electron chi connectivity index (χ0n) is 32.2. The van der Waals surface area contributed by atoms with Crippen molar-refractivity contribution in [3.05, 3.63) is 12.7 Å². The molecule has 1 saturated carbocycles. The fourth-order valence-electron chi connectivity index (χ4n) is 8.27. The molecule has 12 heteroatoms. The lowest BCUT2D eigenvalue weighted by Gasteiger charge is -2.41. The summed E-state index contributed by atoms with van der Waals surface area (Å²) in [6.07, 6.45) is 9.75. The van der Waals surface area contributed by atoms with Gasteiger partial charge >= 0.3 is 6.03 Å². The lowest BCUT2D eigenvalue weighted by atomic mass is 9.81. The van der Waals surface area contributed by atoms with Gasteiger partial charge in [-0.15, -0.1) is 6.58 Å². The van der Waals surface area contributed by atoms with Crippen LogP contribution in [0, 0.1) is 28.1 Å². The second kappa shape index (κ2) is 16.5. The summed E-state index contributed by atoms with van der Waals surface area (Å²) in [5.74, 6) is -2.13. The molecule has 3 aliphatic heterocycles. The Kier molecular flexibility index (Phi) is 13.0. The standard InChI is InChI=1S/C39H64N6O6/c1-9-20-40-34(49)32(47)26-17-15-13-11-10-12-14-16-18-27(35(50)45-23-25-30(39(25,7)8)31(45)33(48)41-26)42-36(51)43-28(37(2,3)4)24-44-21-19-38(5,6)22-29(44)46/h9,25-28,30-31H,1,10-24H2,2-8H3,(H,40,49)(H,41,48)(H2,42,43,51)/t25-,26+,27+,28-,30-,31+/m1/s1. The first-order valence-corrected chi connectivity index (χ1v) is 19.3. The lowest BCUT2D eigenvalue weighted by Crippen LogP contribution is -2.60. The number of nitrogens with one attached hydrogen (secondary N) is 4. The molecular formula is C39H64N6O6. The number of rotatable bonds is 8. The number of likely N-dealkylation sites (tertiary alicyclic amines) is 1. The summed E-state index contributed by atoms with van der Waals surface area (Å²) in [6.45, 7) is 19.6. The van der Waals surface area contributed by atoms with Crippen LogP contribution in [0.1, 0.15) is 119 Å². The van der Waals surface area contributed by atoms with Crippen LogP contribution in [0.25, 0.3) is 0 Å². The molecule has 4 aliphatic rings. The summed E-state index contributed by atoms with van der Waals surface area (Å²) in [7, 11) is 0. The SMILES string of the molecule is C=CCNC(=O)C(=O)[C@@H]1CCCCCCCCC[C@H](NC(=O)N[C@H](CN2CCC(C)(C)CC2=O)C(C)(C)C)C(=O)N2C[C@@H]3[C@H]([C@H]2C(=O)N1)C3(C)C. The zero-order valence-corrected chi connectivity index (χ0v) is 32.2. The molecule has 0 aromatic heterocycles. The van der Waals surface area contributed by atoms with Crippen LogP contribution in [0.3, 0.4) is 0 Å². The molecule has 3 heterocycles. The maximum atomic E-state index is 14.4. The van der Waals surface area contributed by atoms with Crippen LogP contribution in [-0.4, -0.2) is 95.6 Å². The number of Topliss-reactive ketones (excluding diaryl/α,β-unsaturated/α-hetero) is 1. The highest BCUT2D eigenvalue weighted by Crippen LogP contribution is 2.65. The molecule has 286 valence electrons. The molecule has 0 aromatic carbocycles. The van der Waals surface area contributed by atoms with Gasteiger partial charge in [0.1, 0.15) is 12.1 Å². The van der Waals surface area contributed by atoms with E-state index in [0.29, 0.717) is 45.3 Å². The first kappa shape index (κ1) is 40.3. The zero-order chi connectivity index (χ0) is 37.7. The van der Waals surface area contributed by atoms with Crippen molar-refractivity contribution in [2.24, 2.45) is 28.1 Å². The van der Waals surface area contributed by atoms with Gasteiger partial charge in [0.05, 0.1) is 12.1 Å². The monoisotopic (exact) mass is 712 g/mol. The third-order valence-corrected chi connectivity index (χ3v) is 11.9. The molecule has 0 unspecified atom stereocenters. The van der Waals surface area contributed by atoms with Gasteiger partial charge < -0.3 is 31.1 Å². The van der Waals surface area contributed by atoms with E-state index in [-0.39, 0.29) is 52.5 Å². The van der Waals surface area contributed by atoms with Gasteiger partial charge in [0, 0.05) is 32.6 Å². The fraction of sp³-hybridized carbons (Fsp3) is 0.795. The molecule has 0 radical (unpaired) electrons. The predicted octanol–water partition coefficient (Wildman–Crippen LogP) is 4.08. The van der Waals surface area contributed by atoms with E-state index < -0.39 is 41.8 Å². The molecule has 0 spiro atoms. The van der Waals surface area contributed by atoms with Crippen molar-refractivity contribution < 1.29 is 28.8 Å². The van der Waals surface area contributed by atoms with Gasteiger partial charge in [0.2, 0.25) is 23.5 Å². The van der Waals surface area contributed by atoms with Crippen molar-refractivity contribution in [3.63, 3.8) is 0 Å². The number of urea groups is 1. The average Bonchev–Trinajstić information content (AvgIpc) is 3.35. The maximum Gasteiger partial charge on any atom is 0.315 e. The van der Waals surface area contributed by atoms with Crippen LogP contribution >= 0.6 is 0 Å². The van der Waals surface area contributed by atoms with Crippen molar-refractivity contribution in [3.8, 4) is 0 Å². The minimum Gasteiger partial charge on any atom is -0.346 e. The summed E-state index contributed by atoms with van der Waals surface area (Å²) in [5.41, 5.74) is -0.574. The molecular weight excluding hydrogens is 648 g/mol. The van der Waals surface area contributed by atoms with Crippen molar-refractivity contribution >= 4 is 35.4 Å². The highest BCUT2D eigenvalue weighted by atomic mass is 16.2. The van der Waals surface area contributed by atoms with Crippen LogP contribution in [0.2, 0.25) is 0 Å². The summed E-state index contributed by atoms with van der Waals surface area (Å²) in [4.78, 5) is 84.6. The van der Waals surface area contributed by atoms with Crippen LogP contribution < -0.4 is 21.3 Å². The molecule has 51 heavy (non-hydrogen) atoms. The van der Waals surface area contributed by atoms with Crippen LogP contribution in [0.5, 0.6) is 0 Å². The third kappa shape index (κ3) is 10.1. The van der Waals surface area contributed by atoms with Crippen molar-refractivity contribution in [1.29, 1.82) is 0 Å². The summed E-state index contributed by atoms with van der Waals surface area (Å²) in [5, 5.41) is 11.5. The molecule has 0 aromatic rings. The van der Waals surface area contributed by atoms with Gasteiger partial charge in [-0.2, -0.15) is 0 Å². The number of carbonyl (C=O) groups is 6. The molecule has 4 fully saturated rings. The Hall–Kier alpha value is -3.44. The highest BCUT2D eigenvalue weighted by Gasteiger charge is 2.69. The van der Waals surface area contributed by atoms with Crippen LogP contribution in [0.4, 0.5) is 4.79 Å². The number of hydrogen-bond acceptors (Lipinski definition) is 6. The Balaban J connectivity index is 1.54. The molecule has 4 rings (SSSR count). The number of carbonyl (C=O) groups excluding carboxylic acids is 6. The smallest absolute Gasteiger partial charge is 0.315 e. The van der Waals surface area contributed by atoms with Crippen molar-refractivity contribution in [2.75, 3.05) is 26.2 Å². The third-order valence-electron chi connectivity index (χ3n) is 11.9. The lowest BCUT2D eigenvalue weighted by molar-refractivity contribution is -0.144. The second-order valence-corrected chi connectivity index (χ2v) is 17.9. The van der Waals surface area contributed by atoms with Crippen molar-refractivity contribution in [1.82, 2.24) is 31.1 Å². The van der Waals surface area contributed by atoms with E-state index in [2.05, 4.69) is 55.5 Å². The van der Waals surface area contributed by atoms with E-state index in [4.69, 9.17) is 0 Å². The van der Waals surface area contributed by atoms with E-state index in [1.807, 2.05) is 25.7 Å². The molecule has 3 saturated heterocycles. The number of ketones is 1. The van der Waals surface area contributed by atoms with E-state index in [9.17, 15) is 28.8 Å². The van der Waals surface area contributed by atoms with E-state index in [0.717, 1.165) is 44.9 Å². The normalized spacial score (nSPS) is 29.2. The van der Waals surface area contributed by atoms with Gasteiger partial charge in [-0.25, -0.2) is 4.79 Å². The minimum atomic E-state index is -1.00. The van der Waals surface area contributed by atoms with Crippen molar-refractivity contribution in [2.45, 2.75) is 143 Å². The second-order valence-electron chi connectivity index (χ2n) is 17.9. The molecule has 12 nitrogen and oxygen atoms in total. The van der Waals surface area contributed by atoms with Gasteiger partial charge in [0.15, 0.2) is 0 Å². The largest absolute Gasteiger partial charge is 0.346 e. The quantitative estimate of drug-likeness (QED) is 0.220. The minimum absolute atomic E-state index is 0.0448. The van der Waals surface area contributed by atoms with Gasteiger partial charge in [0.25, 0.3) is 5.91 Å². The summed E-state index contributed by atoms with van der Waals surface area (Å²) in [6, 6.07) is -3.51. The van der Waals surface area contributed by atoms with E-state index in [1.54, 1.807) is 4.90 Å².